The molecule has 0 aromatic carbocycles. The van der Waals surface area contributed by atoms with Crippen LogP contribution < -0.4 is 10.9 Å². The van der Waals surface area contributed by atoms with E-state index in [4.69, 9.17) is 4.74 Å². The van der Waals surface area contributed by atoms with E-state index in [1.807, 2.05) is 15.9 Å². The summed E-state index contributed by atoms with van der Waals surface area (Å²) in [5, 5.41) is 3.34. The molecule has 1 spiro atoms. The topological polar surface area (TPSA) is 83.9 Å². The molecular weight excluding hydrogens is 372 g/mol. The lowest BCUT2D eigenvalue weighted by Crippen LogP contribution is -2.59. The van der Waals surface area contributed by atoms with Crippen molar-refractivity contribution in [1.82, 2.24) is 19.7 Å². The number of morpholine rings is 1. The molecule has 3 fully saturated rings. The highest BCUT2D eigenvalue weighted by Crippen LogP contribution is 2.42. The monoisotopic (exact) mass is 400 g/mol. The van der Waals surface area contributed by atoms with Gasteiger partial charge in [-0.25, -0.2) is 0 Å². The minimum Gasteiger partial charge on any atom is -0.370 e. The van der Waals surface area contributed by atoms with Gasteiger partial charge >= 0.3 is 0 Å². The number of piperidine rings is 1. The number of carbonyl (C=O) groups excluding carboxylic acids is 2. The fraction of sp³-hybridized carbons (Fsp3) is 0.667. The summed E-state index contributed by atoms with van der Waals surface area (Å²) >= 11 is 0. The zero-order chi connectivity index (χ0) is 20.2. The second-order valence-electron chi connectivity index (χ2n) is 8.94. The molecule has 156 valence electrons. The first-order valence-electron chi connectivity index (χ1n) is 10.6. The van der Waals surface area contributed by atoms with Gasteiger partial charge in [0, 0.05) is 56.7 Å². The van der Waals surface area contributed by atoms with E-state index >= 15 is 0 Å². The summed E-state index contributed by atoms with van der Waals surface area (Å²) in [6.07, 6.45) is 1.72. The van der Waals surface area contributed by atoms with Crippen molar-refractivity contribution in [2.24, 2.45) is 5.92 Å². The number of carbonyl (C=O) groups is 2. The highest BCUT2D eigenvalue weighted by molar-refractivity contribution is 5.82. The van der Waals surface area contributed by atoms with Gasteiger partial charge in [0.05, 0.1) is 18.8 Å². The summed E-state index contributed by atoms with van der Waals surface area (Å²) in [6, 6.07) is 4.68. The molecule has 8 nitrogen and oxygen atoms in total. The summed E-state index contributed by atoms with van der Waals surface area (Å²) in [7, 11) is 0. The van der Waals surface area contributed by atoms with E-state index in [-0.39, 0.29) is 34.8 Å². The number of amides is 2. The lowest BCUT2D eigenvalue weighted by Gasteiger charge is -2.48. The number of fused-ring (bicyclic) bond motifs is 4. The van der Waals surface area contributed by atoms with Crippen LogP contribution in [-0.2, 0) is 14.3 Å². The van der Waals surface area contributed by atoms with E-state index in [9.17, 15) is 14.4 Å². The molecule has 3 saturated heterocycles. The van der Waals surface area contributed by atoms with Crippen LogP contribution in [0.1, 0.15) is 37.4 Å². The fourth-order valence-corrected chi connectivity index (χ4v) is 5.71. The third kappa shape index (κ3) is 3.09. The number of hydrogen-bond acceptors (Lipinski definition) is 5. The van der Waals surface area contributed by atoms with Crippen molar-refractivity contribution in [3.8, 4) is 0 Å². The van der Waals surface area contributed by atoms with Crippen molar-refractivity contribution in [2.75, 3.05) is 45.9 Å². The Balaban J connectivity index is 1.51. The van der Waals surface area contributed by atoms with Crippen LogP contribution in [-0.4, -0.2) is 77.7 Å². The Labute approximate surface area is 169 Å². The van der Waals surface area contributed by atoms with Crippen LogP contribution in [0.4, 0.5) is 0 Å². The Morgan fingerprint density at radius 1 is 1.24 bits per heavy atom. The van der Waals surface area contributed by atoms with Gasteiger partial charge in [0.2, 0.25) is 11.8 Å². The molecular formula is C21H28N4O4. The molecule has 1 N–H and O–H groups in total. The number of ether oxygens (including phenoxy) is 1. The van der Waals surface area contributed by atoms with E-state index in [1.165, 1.54) is 6.07 Å². The quantitative estimate of drug-likeness (QED) is 0.715. The molecule has 0 saturated carbocycles. The van der Waals surface area contributed by atoms with Crippen LogP contribution in [0, 0.1) is 5.92 Å². The highest BCUT2D eigenvalue weighted by atomic mass is 16.5. The molecule has 0 aliphatic carbocycles. The third-order valence-electron chi connectivity index (χ3n) is 7.11. The number of nitrogens with zero attached hydrogens (tertiary/aromatic N) is 3. The number of rotatable bonds is 1. The molecule has 2 amide bonds. The maximum absolute atomic E-state index is 13.8. The number of aromatic nitrogens is 1. The smallest absolute Gasteiger partial charge is 0.251 e. The van der Waals surface area contributed by atoms with Gasteiger partial charge in [-0.15, -0.1) is 0 Å². The normalized spacial score (nSPS) is 33.6. The Morgan fingerprint density at radius 3 is 2.86 bits per heavy atom. The van der Waals surface area contributed by atoms with Gasteiger partial charge in [-0.2, -0.15) is 0 Å². The summed E-state index contributed by atoms with van der Waals surface area (Å²) in [5.41, 5.74) is 0.439. The van der Waals surface area contributed by atoms with Crippen molar-refractivity contribution in [1.29, 1.82) is 0 Å². The molecule has 0 radical (unpaired) electrons. The SMILES string of the molecule is CC(=O)N1C[C@H]2C[C@@H](C1)[C@H](C(=O)N1CCOC3(CCNC3)C1)n1c2cccc1=O. The number of hydrogen-bond donors (Lipinski definition) is 1. The minimum atomic E-state index is -0.554. The van der Waals surface area contributed by atoms with Gasteiger partial charge in [-0.1, -0.05) is 6.07 Å². The summed E-state index contributed by atoms with van der Waals surface area (Å²) < 4.78 is 7.76. The van der Waals surface area contributed by atoms with Crippen LogP contribution in [0.3, 0.4) is 0 Å². The zero-order valence-electron chi connectivity index (χ0n) is 16.8. The van der Waals surface area contributed by atoms with Crippen molar-refractivity contribution in [2.45, 2.75) is 37.3 Å². The Kier molecular flexibility index (Phi) is 4.51. The van der Waals surface area contributed by atoms with Crippen LogP contribution in [0.2, 0.25) is 0 Å². The Morgan fingerprint density at radius 2 is 2.10 bits per heavy atom. The maximum atomic E-state index is 13.8. The van der Waals surface area contributed by atoms with E-state index in [2.05, 4.69) is 5.32 Å². The van der Waals surface area contributed by atoms with Crippen molar-refractivity contribution >= 4 is 11.8 Å². The van der Waals surface area contributed by atoms with Gasteiger partial charge < -0.3 is 19.9 Å². The molecule has 29 heavy (non-hydrogen) atoms. The summed E-state index contributed by atoms with van der Waals surface area (Å²) in [4.78, 5) is 42.4. The average molecular weight is 400 g/mol. The molecule has 2 bridgehead atoms. The van der Waals surface area contributed by atoms with Gasteiger partial charge in [-0.05, 0) is 25.5 Å². The fourth-order valence-electron chi connectivity index (χ4n) is 5.71. The number of nitrogens with one attached hydrogen (secondary N) is 1. The standard InChI is InChI=1S/C21H28N4O4/c1-14(26)24-10-15-9-16(11-24)19(25-17(15)3-2-4-18(25)27)20(28)23-7-8-29-21(13-23)5-6-22-12-21/h2-4,15-16,19,22H,5-13H2,1H3/t15-,16+,19-,21?/m1/s1. The predicted octanol–water partition coefficient (Wildman–Crippen LogP) is -0.0541. The molecule has 1 aromatic rings. The van der Waals surface area contributed by atoms with Crippen molar-refractivity contribution in [3.05, 3.63) is 34.2 Å². The lowest BCUT2D eigenvalue weighted by atomic mass is 9.77. The molecule has 4 aliphatic rings. The van der Waals surface area contributed by atoms with Crippen LogP contribution in [0.5, 0.6) is 0 Å². The molecule has 4 aliphatic heterocycles. The minimum absolute atomic E-state index is 0.0111. The van der Waals surface area contributed by atoms with Crippen LogP contribution in [0.25, 0.3) is 0 Å². The third-order valence-corrected chi connectivity index (χ3v) is 7.11. The lowest BCUT2D eigenvalue weighted by molar-refractivity contribution is -0.155. The maximum Gasteiger partial charge on any atom is 0.251 e. The summed E-state index contributed by atoms with van der Waals surface area (Å²) in [6.45, 7) is 5.98. The molecule has 4 atom stereocenters. The second kappa shape index (κ2) is 6.95. The summed E-state index contributed by atoms with van der Waals surface area (Å²) in [5.74, 6) is 0.0758. The predicted molar refractivity (Wildman–Crippen MR) is 106 cm³/mol. The average Bonchev–Trinajstić information content (AvgIpc) is 3.15. The van der Waals surface area contributed by atoms with E-state index < -0.39 is 6.04 Å². The van der Waals surface area contributed by atoms with E-state index in [0.717, 1.165) is 31.6 Å². The van der Waals surface area contributed by atoms with E-state index in [1.54, 1.807) is 17.6 Å². The van der Waals surface area contributed by atoms with Gasteiger partial charge in [0.25, 0.3) is 5.56 Å². The van der Waals surface area contributed by atoms with Crippen molar-refractivity contribution < 1.29 is 14.3 Å². The molecule has 1 unspecified atom stereocenters. The first kappa shape index (κ1) is 18.8. The second-order valence-corrected chi connectivity index (χ2v) is 8.94. The number of likely N-dealkylation sites (tertiary alicyclic amines) is 1. The van der Waals surface area contributed by atoms with Crippen LogP contribution in [0.15, 0.2) is 23.0 Å². The van der Waals surface area contributed by atoms with Crippen LogP contribution >= 0.6 is 0 Å². The number of pyridine rings is 1. The molecule has 5 heterocycles. The van der Waals surface area contributed by atoms with Gasteiger partial charge in [0.1, 0.15) is 6.04 Å². The first-order valence-corrected chi connectivity index (χ1v) is 10.6. The van der Waals surface area contributed by atoms with Crippen molar-refractivity contribution in [3.63, 3.8) is 0 Å². The van der Waals surface area contributed by atoms with E-state index in [0.29, 0.717) is 32.8 Å². The largest absolute Gasteiger partial charge is 0.370 e. The first-order chi connectivity index (χ1) is 14.0. The molecule has 5 rings (SSSR count). The molecule has 8 heteroatoms. The Bertz CT molecular complexity index is 891. The van der Waals surface area contributed by atoms with Gasteiger partial charge in [-0.3, -0.25) is 19.0 Å². The molecule has 1 aromatic heterocycles. The van der Waals surface area contributed by atoms with Gasteiger partial charge in [0.15, 0.2) is 0 Å². The zero-order valence-corrected chi connectivity index (χ0v) is 16.8. The Hall–Kier alpha value is -2.19. The highest BCUT2D eigenvalue weighted by Gasteiger charge is 2.48.